The number of ether oxygens (including phenoxy) is 1. The van der Waals surface area contributed by atoms with Crippen molar-refractivity contribution in [2.45, 2.75) is 51.9 Å². The lowest BCUT2D eigenvalue weighted by Gasteiger charge is -2.22. The van der Waals surface area contributed by atoms with Crippen molar-refractivity contribution in [3.8, 4) is 0 Å². The number of hydrogen-bond donors (Lipinski definition) is 2. The summed E-state index contributed by atoms with van der Waals surface area (Å²) < 4.78 is 5.03. The first kappa shape index (κ1) is 21.2. The molecule has 150 valence electrons. The number of hydrogen-bond acceptors (Lipinski definition) is 4. The van der Waals surface area contributed by atoms with E-state index >= 15 is 0 Å². The summed E-state index contributed by atoms with van der Waals surface area (Å²) in [5, 5.41) is 5.89. The van der Waals surface area contributed by atoms with E-state index in [1.807, 2.05) is 12.1 Å². The van der Waals surface area contributed by atoms with Gasteiger partial charge in [-0.25, -0.2) is 0 Å². The molecule has 0 bridgehead atoms. The third-order valence-corrected chi connectivity index (χ3v) is 4.79. The zero-order valence-corrected chi connectivity index (χ0v) is 16.7. The maximum Gasteiger partial charge on any atom is 0.253 e. The van der Waals surface area contributed by atoms with Gasteiger partial charge in [-0.1, -0.05) is 19.8 Å². The van der Waals surface area contributed by atoms with Crippen molar-refractivity contribution in [2.24, 2.45) is 0 Å². The molecule has 0 radical (unpaired) electrons. The van der Waals surface area contributed by atoms with Crippen LogP contribution in [0.4, 0.5) is 11.4 Å². The highest BCUT2D eigenvalue weighted by molar-refractivity contribution is 6.02. The SMILES string of the molecule is CCCCCC(=O)Nc1ccc(N2CCCC2)c(C(=O)NCCCOC)c1. The molecule has 1 aromatic carbocycles. The number of methoxy groups -OCH3 is 1. The monoisotopic (exact) mass is 375 g/mol. The Labute approximate surface area is 162 Å². The van der Waals surface area contributed by atoms with Gasteiger partial charge in [0.15, 0.2) is 0 Å². The molecule has 6 nitrogen and oxygen atoms in total. The van der Waals surface area contributed by atoms with Crippen LogP contribution in [0.15, 0.2) is 18.2 Å². The van der Waals surface area contributed by atoms with E-state index < -0.39 is 0 Å². The van der Waals surface area contributed by atoms with Crippen LogP contribution in [0.5, 0.6) is 0 Å². The lowest BCUT2D eigenvalue weighted by Crippen LogP contribution is -2.29. The second-order valence-electron chi connectivity index (χ2n) is 7.03. The number of amides is 2. The average Bonchev–Trinajstić information content (AvgIpc) is 3.20. The van der Waals surface area contributed by atoms with Crippen molar-refractivity contribution < 1.29 is 14.3 Å². The molecule has 1 heterocycles. The van der Waals surface area contributed by atoms with E-state index in [-0.39, 0.29) is 11.8 Å². The van der Waals surface area contributed by atoms with E-state index in [1.54, 1.807) is 13.2 Å². The van der Waals surface area contributed by atoms with Gasteiger partial charge in [-0.3, -0.25) is 9.59 Å². The number of nitrogens with one attached hydrogen (secondary N) is 2. The van der Waals surface area contributed by atoms with Crippen molar-refractivity contribution in [2.75, 3.05) is 43.6 Å². The van der Waals surface area contributed by atoms with Gasteiger partial charge in [-0.2, -0.15) is 0 Å². The maximum absolute atomic E-state index is 12.7. The van der Waals surface area contributed by atoms with E-state index in [9.17, 15) is 9.59 Å². The minimum Gasteiger partial charge on any atom is -0.385 e. The number of carbonyl (C=O) groups excluding carboxylic acids is 2. The number of rotatable bonds is 11. The molecule has 0 aromatic heterocycles. The second-order valence-corrected chi connectivity index (χ2v) is 7.03. The minimum absolute atomic E-state index is 0.00354. The first-order chi connectivity index (χ1) is 13.2. The third-order valence-electron chi connectivity index (χ3n) is 4.79. The molecule has 0 aliphatic carbocycles. The van der Waals surface area contributed by atoms with Gasteiger partial charge in [0.2, 0.25) is 5.91 Å². The summed E-state index contributed by atoms with van der Waals surface area (Å²) in [5.41, 5.74) is 2.25. The van der Waals surface area contributed by atoms with Gasteiger partial charge in [0, 0.05) is 51.1 Å². The smallest absolute Gasteiger partial charge is 0.253 e. The first-order valence-electron chi connectivity index (χ1n) is 10.1. The van der Waals surface area contributed by atoms with Crippen LogP contribution in [-0.2, 0) is 9.53 Å². The van der Waals surface area contributed by atoms with Crippen LogP contribution in [-0.4, -0.2) is 45.2 Å². The Balaban J connectivity index is 2.08. The summed E-state index contributed by atoms with van der Waals surface area (Å²) in [6, 6.07) is 5.65. The fraction of sp³-hybridized carbons (Fsp3) is 0.619. The molecule has 0 atom stereocenters. The van der Waals surface area contributed by atoms with Crippen molar-refractivity contribution in [1.82, 2.24) is 5.32 Å². The van der Waals surface area contributed by atoms with Crippen molar-refractivity contribution >= 4 is 23.2 Å². The summed E-state index contributed by atoms with van der Waals surface area (Å²) in [6.45, 7) is 5.23. The second kappa shape index (κ2) is 11.6. The standard InChI is InChI=1S/C21H33N3O3/c1-3-4-5-9-20(25)23-17-10-11-19(24-13-6-7-14-24)18(16-17)21(26)22-12-8-15-27-2/h10-11,16H,3-9,12-15H2,1-2H3,(H,22,26)(H,23,25). The highest BCUT2D eigenvalue weighted by Gasteiger charge is 2.20. The molecule has 2 rings (SSSR count). The first-order valence-corrected chi connectivity index (χ1v) is 10.1. The van der Waals surface area contributed by atoms with E-state index in [1.165, 1.54) is 0 Å². The lowest BCUT2D eigenvalue weighted by molar-refractivity contribution is -0.116. The number of benzene rings is 1. The normalized spacial score (nSPS) is 13.6. The molecule has 0 spiro atoms. The van der Waals surface area contributed by atoms with E-state index in [0.717, 1.165) is 57.3 Å². The molecule has 1 fully saturated rings. The Bertz CT molecular complexity index is 613. The lowest BCUT2D eigenvalue weighted by atomic mass is 10.1. The van der Waals surface area contributed by atoms with Crippen LogP contribution >= 0.6 is 0 Å². The molecule has 2 N–H and O–H groups in total. The van der Waals surface area contributed by atoms with Gasteiger partial charge in [0.25, 0.3) is 5.91 Å². The van der Waals surface area contributed by atoms with Crippen molar-refractivity contribution in [1.29, 1.82) is 0 Å². The third kappa shape index (κ3) is 6.86. The molecule has 0 unspecified atom stereocenters. The number of nitrogens with zero attached hydrogens (tertiary/aromatic N) is 1. The zero-order valence-electron chi connectivity index (χ0n) is 16.7. The Morgan fingerprint density at radius 3 is 2.63 bits per heavy atom. The summed E-state index contributed by atoms with van der Waals surface area (Å²) >= 11 is 0. The van der Waals surface area contributed by atoms with Gasteiger partial charge in [0.1, 0.15) is 0 Å². The minimum atomic E-state index is -0.102. The maximum atomic E-state index is 12.7. The molecule has 6 heteroatoms. The van der Waals surface area contributed by atoms with E-state index in [2.05, 4.69) is 22.5 Å². The van der Waals surface area contributed by atoms with Crippen LogP contribution in [0.1, 0.15) is 62.2 Å². The molecule has 2 amide bonds. The van der Waals surface area contributed by atoms with Crippen LogP contribution in [0, 0.1) is 0 Å². The molecular formula is C21H33N3O3. The van der Waals surface area contributed by atoms with Gasteiger partial charge in [0.05, 0.1) is 5.56 Å². The molecule has 1 saturated heterocycles. The van der Waals surface area contributed by atoms with E-state index in [0.29, 0.717) is 30.8 Å². The molecular weight excluding hydrogens is 342 g/mol. The van der Waals surface area contributed by atoms with Crippen molar-refractivity contribution in [3.05, 3.63) is 23.8 Å². The van der Waals surface area contributed by atoms with Gasteiger partial charge < -0.3 is 20.3 Å². The van der Waals surface area contributed by atoms with Crippen LogP contribution < -0.4 is 15.5 Å². The van der Waals surface area contributed by atoms with E-state index in [4.69, 9.17) is 4.74 Å². The Morgan fingerprint density at radius 2 is 1.93 bits per heavy atom. The van der Waals surface area contributed by atoms with Crippen LogP contribution in [0.25, 0.3) is 0 Å². The highest BCUT2D eigenvalue weighted by Crippen LogP contribution is 2.27. The Kier molecular flexibility index (Phi) is 9.11. The predicted molar refractivity (Wildman–Crippen MR) is 109 cm³/mol. The molecule has 1 aliphatic heterocycles. The summed E-state index contributed by atoms with van der Waals surface area (Å²) in [5.74, 6) is -0.0982. The van der Waals surface area contributed by atoms with Crippen molar-refractivity contribution in [3.63, 3.8) is 0 Å². The fourth-order valence-electron chi connectivity index (χ4n) is 3.30. The zero-order chi connectivity index (χ0) is 19.5. The van der Waals surface area contributed by atoms with Gasteiger partial charge in [-0.05, 0) is 43.9 Å². The predicted octanol–water partition coefficient (Wildman–Crippen LogP) is 3.57. The molecule has 1 aliphatic rings. The fourth-order valence-corrected chi connectivity index (χ4v) is 3.30. The highest BCUT2D eigenvalue weighted by atomic mass is 16.5. The summed E-state index contributed by atoms with van der Waals surface area (Å²) in [4.78, 5) is 27.1. The number of unbranched alkanes of at least 4 members (excludes halogenated alkanes) is 2. The number of anilines is 2. The van der Waals surface area contributed by atoms with Crippen LogP contribution in [0.2, 0.25) is 0 Å². The molecule has 27 heavy (non-hydrogen) atoms. The number of carbonyl (C=O) groups is 2. The van der Waals surface area contributed by atoms with Gasteiger partial charge >= 0.3 is 0 Å². The largest absolute Gasteiger partial charge is 0.385 e. The molecule has 1 aromatic rings. The Morgan fingerprint density at radius 1 is 1.15 bits per heavy atom. The Hall–Kier alpha value is -2.08. The topological polar surface area (TPSA) is 70.7 Å². The average molecular weight is 376 g/mol. The van der Waals surface area contributed by atoms with Crippen LogP contribution in [0.3, 0.4) is 0 Å². The quantitative estimate of drug-likeness (QED) is 0.580. The summed E-state index contributed by atoms with van der Waals surface area (Å²) in [7, 11) is 1.65. The summed E-state index contributed by atoms with van der Waals surface area (Å²) in [6.07, 6.45) is 6.60. The molecule has 0 saturated carbocycles. The van der Waals surface area contributed by atoms with Gasteiger partial charge in [-0.15, -0.1) is 0 Å².